The van der Waals surface area contributed by atoms with Crippen LogP contribution < -0.4 is 37.3 Å². The van der Waals surface area contributed by atoms with Crippen LogP contribution in [0.3, 0.4) is 0 Å². The van der Waals surface area contributed by atoms with Gasteiger partial charge in [-0.2, -0.15) is 0 Å². The summed E-state index contributed by atoms with van der Waals surface area (Å²) in [5.41, 5.74) is 1.26. The van der Waals surface area contributed by atoms with Gasteiger partial charge in [-0.05, 0) is 18.6 Å². The number of rotatable bonds is 0. The van der Waals surface area contributed by atoms with Gasteiger partial charge in [0.25, 0.3) is 0 Å². The maximum atomic E-state index is 8.49. The first-order valence-electron chi connectivity index (χ1n) is 6.10. The molecule has 2 heterocycles. The summed E-state index contributed by atoms with van der Waals surface area (Å²) in [4.78, 5) is 0. The summed E-state index contributed by atoms with van der Waals surface area (Å²) in [5, 5.41) is 0. The van der Waals surface area contributed by atoms with Crippen molar-refractivity contribution >= 4 is 0 Å². The zero-order chi connectivity index (χ0) is 20.1. The first-order valence-corrected chi connectivity index (χ1v) is 8.57. The van der Waals surface area contributed by atoms with Crippen LogP contribution in [0.2, 0.25) is 0 Å². The van der Waals surface area contributed by atoms with Crippen molar-refractivity contribution in [3.8, 4) is 0 Å². The van der Waals surface area contributed by atoms with E-state index in [-0.39, 0.29) is 0 Å². The minimum absolute atomic E-state index is 0.979. The van der Waals surface area contributed by atoms with E-state index in [1.165, 1.54) is 5.56 Å². The SMILES string of the molecule is Cc1cc(C)[o+]c(C)c1.[O-][Cl+3]([O-])([O-])[O-].[O-][Cl+3]([O-])([O-])[O-].c1cc[o+]cc1. The molecule has 0 unspecified atom stereocenters. The highest BCUT2D eigenvalue weighted by molar-refractivity contribution is 5.14. The van der Waals surface area contributed by atoms with Gasteiger partial charge in [0.1, 0.15) is 0 Å². The molecule has 0 spiro atoms. The molecular formula is C13H16Cl2O10. The van der Waals surface area contributed by atoms with Crippen LogP contribution in [0.25, 0.3) is 0 Å². The standard InChI is InChI=1S/C8H11O.C5H5O.2ClHO4/c1-6-4-7(2)9-8(3)5-6;1-2-4-6-5-3-1;2*2-1(3,4)5/h4-5H,1-3H3;1-5H;2*(H,2,3,4,5)/q2*+1;;/p-2. The fraction of sp³-hybridized carbons (Fsp3) is 0.231. The average Bonchev–Trinajstić information content (AvgIpc) is 2.35. The lowest BCUT2D eigenvalue weighted by atomic mass is 10.2. The first kappa shape index (κ1) is 25.8. The summed E-state index contributed by atoms with van der Waals surface area (Å²) in [5.74, 6) is 1.96. The van der Waals surface area contributed by atoms with Gasteiger partial charge in [-0.1, -0.05) is 0 Å². The van der Waals surface area contributed by atoms with Crippen molar-refractivity contribution in [2.45, 2.75) is 20.8 Å². The number of hydrogen-bond acceptors (Lipinski definition) is 8. The van der Waals surface area contributed by atoms with Crippen LogP contribution in [-0.4, -0.2) is 0 Å². The molecule has 0 amide bonds. The van der Waals surface area contributed by atoms with Crippen molar-refractivity contribution in [2.24, 2.45) is 0 Å². The Labute approximate surface area is 147 Å². The zero-order valence-electron chi connectivity index (χ0n) is 13.4. The van der Waals surface area contributed by atoms with Crippen molar-refractivity contribution in [3.05, 3.63) is 59.9 Å². The molecule has 10 nitrogen and oxygen atoms in total. The third kappa shape index (κ3) is 34.8. The number of halogens is 2. The number of hydrogen-bond donors (Lipinski definition) is 0. The van der Waals surface area contributed by atoms with E-state index in [9.17, 15) is 0 Å². The molecule has 0 fully saturated rings. The Morgan fingerprint density at radius 3 is 1.12 bits per heavy atom. The van der Waals surface area contributed by atoms with Crippen molar-refractivity contribution in [3.63, 3.8) is 0 Å². The fourth-order valence-electron chi connectivity index (χ4n) is 1.29. The summed E-state index contributed by atoms with van der Waals surface area (Å²) >= 11 is 0. The van der Waals surface area contributed by atoms with E-state index in [4.69, 9.17) is 41.7 Å². The van der Waals surface area contributed by atoms with E-state index in [0.29, 0.717) is 0 Å². The summed E-state index contributed by atoms with van der Waals surface area (Å²) in [7, 11) is -9.89. The summed E-state index contributed by atoms with van der Waals surface area (Å²) < 4.78 is 77.9. The Morgan fingerprint density at radius 2 is 0.960 bits per heavy atom. The first-order chi connectivity index (χ1) is 11.2. The molecule has 2 aromatic rings. The van der Waals surface area contributed by atoms with E-state index in [1.54, 1.807) is 12.5 Å². The third-order valence-electron chi connectivity index (χ3n) is 1.72. The van der Waals surface area contributed by atoms with Crippen LogP contribution in [0.5, 0.6) is 0 Å². The topological polar surface area (TPSA) is 207 Å². The van der Waals surface area contributed by atoms with Crippen LogP contribution in [0.4, 0.5) is 0 Å². The third-order valence-corrected chi connectivity index (χ3v) is 1.72. The molecule has 0 radical (unpaired) electrons. The maximum Gasteiger partial charge on any atom is 0.326 e. The Kier molecular flexibility index (Phi) is 13.3. The van der Waals surface area contributed by atoms with Crippen molar-refractivity contribution in [1.82, 2.24) is 0 Å². The molecule has 12 heteroatoms. The van der Waals surface area contributed by atoms with Gasteiger partial charge in [0.2, 0.25) is 0 Å². The Morgan fingerprint density at radius 1 is 0.640 bits per heavy atom. The fourth-order valence-corrected chi connectivity index (χ4v) is 1.29. The molecular weight excluding hydrogens is 387 g/mol. The second-order valence-electron chi connectivity index (χ2n) is 4.10. The summed E-state index contributed by atoms with van der Waals surface area (Å²) in [6.07, 6.45) is 3.25. The van der Waals surface area contributed by atoms with Crippen LogP contribution in [0.1, 0.15) is 17.1 Å². The molecule has 0 aromatic carbocycles. The van der Waals surface area contributed by atoms with Crippen LogP contribution in [0, 0.1) is 41.3 Å². The van der Waals surface area contributed by atoms with E-state index in [0.717, 1.165) is 11.5 Å². The average molecular weight is 403 g/mol. The van der Waals surface area contributed by atoms with Gasteiger partial charge in [-0.3, -0.25) is 0 Å². The molecule has 25 heavy (non-hydrogen) atoms. The molecule has 2 rings (SSSR count). The molecule has 0 N–H and O–H groups in total. The second-order valence-corrected chi connectivity index (χ2v) is 5.61. The van der Waals surface area contributed by atoms with Crippen LogP contribution in [0.15, 0.2) is 51.7 Å². The van der Waals surface area contributed by atoms with Gasteiger partial charge in [0.05, 0.1) is 13.8 Å². The van der Waals surface area contributed by atoms with Gasteiger partial charge in [0, 0.05) is 24.3 Å². The minimum Gasteiger partial charge on any atom is -0.224 e. The maximum absolute atomic E-state index is 8.49. The Hall–Kier alpha value is -1.44. The lowest BCUT2D eigenvalue weighted by Crippen LogP contribution is -2.68. The predicted octanol–water partition coefficient (Wildman–Crippen LogP) is -5.47. The van der Waals surface area contributed by atoms with E-state index < -0.39 is 20.5 Å². The van der Waals surface area contributed by atoms with Crippen molar-refractivity contribution in [1.29, 1.82) is 0 Å². The lowest BCUT2D eigenvalue weighted by Gasteiger charge is -2.17. The highest BCUT2D eigenvalue weighted by Crippen LogP contribution is 2.06. The van der Waals surface area contributed by atoms with Crippen LogP contribution >= 0.6 is 0 Å². The van der Waals surface area contributed by atoms with Gasteiger partial charge < -0.3 is 0 Å². The number of aryl methyl sites for hydroxylation is 3. The normalized spacial score (nSPS) is 10.2. The van der Waals surface area contributed by atoms with E-state index >= 15 is 0 Å². The molecule has 0 aliphatic rings. The molecule has 142 valence electrons. The molecule has 2 aromatic heterocycles. The van der Waals surface area contributed by atoms with Crippen LogP contribution in [-0.2, 0) is 0 Å². The molecule has 0 bridgehead atoms. The molecule has 0 atom stereocenters. The van der Waals surface area contributed by atoms with Crippen molar-refractivity contribution in [2.75, 3.05) is 0 Å². The lowest BCUT2D eigenvalue weighted by molar-refractivity contribution is -2.00. The predicted molar refractivity (Wildman–Crippen MR) is 60.4 cm³/mol. The van der Waals surface area contributed by atoms with E-state index in [1.807, 2.05) is 44.2 Å². The van der Waals surface area contributed by atoms with Gasteiger partial charge in [-0.25, -0.2) is 46.1 Å². The highest BCUT2D eigenvalue weighted by atomic mass is 35.7. The zero-order valence-corrected chi connectivity index (χ0v) is 14.9. The largest absolute Gasteiger partial charge is 0.326 e. The summed E-state index contributed by atoms with van der Waals surface area (Å²) in [6.45, 7) is 5.98. The Balaban J connectivity index is 0. The molecule has 0 aliphatic heterocycles. The minimum atomic E-state index is -4.94. The van der Waals surface area contributed by atoms with E-state index in [2.05, 4.69) is 11.3 Å². The Bertz CT molecular complexity index is 468. The van der Waals surface area contributed by atoms with Crippen molar-refractivity contribution < 1.29 is 66.6 Å². The molecule has 0 aliphatic carbocycles. The second kappa shape index (κ2) is 12.9. The van der Waals surface area contributed by atoms with Gasteiger partial charge in [-0.15, -0.1) is 20.5 Å². The molecule has 0 saturated carbocycles. The monoisotopic (exact) mass is 402 g/mol. The summed E-state index contributed by atoms with van der Waals surface area (Å²) in [6, 6.07) is 9.61. The van der Waals surface area contributed by atoms with Gasteiger partial charge in [0.15, 0.2) is 0 Å². The van der Waals surface area contributed by atoms with Gasteiger partial charge >= 0.3 is 24.0 Å². The molecule has 0 saturated heterocycles. The smallest absolute Gasteiger partial charge is 0.224 e. The quantitative estimate of drug-likeness (QED) is 0.381. The highest BCUT2D eigenvalue weighted by Gasteiger charge is 2.03.